The van der Waals surface area contributed by atoms with Crippen LogP contribution in [0, 0.1) is 0 Å². The second kappa shape index (κ2) is 6.15. The molecule has 3 heterocycles. The highest BCUT2D eigenvalue weighted by Gasteiger charge is 2.40. The van der Waals surface area contributed by atoms with Crippen LogP contribution in [0.2, 0.25) is 0 Å². The van der Waals surface area contributed by atoms with Gasteiger partial charge in [0.2, 0.25) is 0 Å². The minimum atomic E-state index is -0.164. The number of morpholine rings is 1. The SMILES string of the molecule is O=C(NC[C@]1(N2CCOCC2)CCSC1)c1ccon1. The molecule has 3 rings (SSSR count). The number of ether oxygens (including phenoxy) is 1. The molecule has 0 saturated carbocycles. The third-order valence-electron chi connectivity index (χ3n) is 4.01. The van der Waals surface area contributed by atoms with Gasteiger partial charge in [-0.25, -0.2) is 0 Å². The normalized spacial score (nSPS) is 27.6. The third kappa shape index (κ3) is 2.84. The van der Waals surface area contributed by atoms with Crippen LogP contribution in [0.1, 0.15) is 16.9 Å². The molecule has 2 fully saturated rings. The van der Waals surface area contributed by atoms with Gasteiger partial charge in [0, 0.05) is 37.0 Å². The van der Waals surface area contributed by atoms with Gasteiger partial charge in [0.25, 0.3) is 5.91 Å². The Kier molecular flexibility index (Phi) is 4.28. The Morgan fingerprint density at radius 1 is 1.50 bits per heavy atom. The maximum absolute atomic E-state index is 12.0. The van der Waals surface area contributed by atoms with Crippen LogP contribution in [0.15, 0.2) is 16.9 Å². The molecule has 0 radical (unpaired) electrons. The van der Waals surface area contributed by atoms with E-state index in [1.165, 1.54) is 6.26 Å². The molecule has 0 aromatic carbocycles. The van der Waals surface area contributed by atoms with E-state index in [0.29, 0.717) is 12.2 Å². The molecule has 1 amide bonds. The summed E-state index contributed by atoms with van der Waals surface area (Å²) in [7, 11) is 0. The predicted octanol–water partition coefficient (Wildman–Crippen LogP) is 0.612. The molecule has 1 N–H and O–H groups in total. The molecule has 2 saturated heterocycles. The van der Waals surface area contributed by atoms with Crippen LogP contribution >= 0.6 is 11.8 Å². The zero-order valence-corrected chi connectivity index (χ0v) is 12.2. The molecule has 2 aliphatic heterocycles. The van der Waals surface area contributed by atoms with Gasteiger partial charge in [0.15, 0.2) is 5.69 Å². The summed E-state index contributed by atoms with van der Waals surface area (Å²) < 4.78 is 10.1. The standard InChI is InChI=1S/C13H19N3O3S/c17-12(11-1-5-19-15-11)14-9-13(2-8-20-10-13)16-3-6-18-7-4-16/h1,5H,2-4,6-10H2,(H,14,17)/t13-/m1/s1. The lowest BCUT2D eigenvalue weighted by atomic mass is 9.95. The maximum Gasteiger partial charge on any atom is 0.273 e. The zero-order valence-electron chi connectivity index (χ0n) is 11.3. The van der Waals surface area contributed by atoms with Crippen LogP contribution < -0.4 is 5.32 Å². The lowest BCUT2D eigenvalue weighted by Gasteiger charge is -2.42. The van der Waals surface area contributed by atoms with E-state index in [2.05, 4.69) is 15.4 Å². The summed E-state index contributed by atoms with van der Waals surface area (Å²) in [6.45, 7) is 4.11. The van der Waals surface area contributed by atoms with Crippen LogP contribution in [0.25, 0.3) is 0 Å². The number of nitrogens with zero attached hydrogens (tertiary/aromatic N) is 2. The topological polar surface area (TPSA) is 67.6 Å². The van der Waals surface area contributed by atoms with Crippen molar-refractivity contribution in [2.75, 3.05) is 44.4 Å². The van der Waals surface area contributed by atoms with Gasteiger partial charge in [-0.15, -0.1) is 0 Å². The van der Waals surface area contributed by atoms with Crippen LogP contribution in [-0.2, 0) is 4.74 Å². The first-order valence-electron chi connectivity index (χ1n) is 6.89. The fraction of sp³-hybridized carbons (Fsp3) is 0.692. The number of thioether (sulfide) groups is 1. The fourth-order valence-electron chi connectivity index (χ4n) is 2.80. The summed E-state index contributed by atoms with van der Waals surface area (Å²) in [5.74, 6) is 2.05. The second-order valence-corrected chi connectivity index (χ2v) is 6.30. The molecule has 1 aromatic heterocycles. The average Bonchev–Trinajstić information content (AvgIpc) is 3.18. The van der Waals surface area contributed by atoms with Crippen molar-refractivity contribution in [1.29, 1.82) is 0 Å². The highest BCUT2D eigenvalue weighted by atomic mass is 32.2. The number of carbonyl (C=O) groups is 1. The largest absolute Gasteiger partial charge is 0.379 e. The summed E-state index contributed by atoms with van der Waals surface area (Å²) in [5.41, 5.74) is 0.404. The minimum Gasteiger partial charge on any atom is -0.379 e. The Labute approximate surface area is 122 Å². The van der Waals surface area contributed by atoms with Crippen molar-refractivity contribution in [1.82, 2.24) is 15.4 Å². The summed E-state index contributed by atoms with van der Waals surface area (Å²) in [5, 5.41) is 6.68. The molecule has 6 nitrogen and oxygen atoms in total. The monoisotopic (exact) mass is 297 g/mol. The molecule has 1 atom stereocenters. The van der Waals surface area contributed by atoms with Crippen molar-refractivity contribution in [3.63, 3.8) is 0 Å². The Bertz CT molecular complexity index is 440. The van der Waals surface area contributed by atoms with Crippen LogP contribution in [-0.4, -0.2) is 65.9 Å². The summed E-state index contributed by atoms with van der Waals surface area (Å²) in [6.07, 6.45) is 2.52. The van der Waals surface area contributed by atoms with Crippen molar-refractivity contribution >= 4 is 17.7 Å². The van der Waals surface area contributed by atoms with E-state index in [-0.39, 0.29) is 11.4 Å². The van der Waals surface area contributed by atoms with Gasteiger partial charge >= 0.3 is 0 Å². The first kappa shape index (κ1) is 13.9. The van der Waals surface area contributed by atoms with E-state index in [4.69, 9.17) is 9.26 Å². The molecular weight excluding hydrogens is 278 g/mol. The van der Waals surface area contributed by atoms with Crippen molar-refractivity contribution < 1.29 is 14.1 Å². The molecule has 0 unspecified atom stereocenters. The number of hydrogen-bond acceptors (Lipinski definition) is 6. The second-order valence-electron chi connectivity index (χ2n) is 5.19. The summed E-state index contributed by atoms with van der Waals surface area (Å²) >= 11 is 1.96. The Balaban J connectivity index is 1.63. The van der Waals surface area contributed by atoms with Crippen molar-refractivity contribution in [2.45, 2.75) is 12.0 Å². The van der Waals surface area contributed by atoms with E-state index < -0.39 is 0 Å². The van der Waals surface area contributed by atoms with Crippen LogP contribution in [0.4, 0.5) is 0 Å². The van der Waals surface area contributed by atoms with Crippen molar-refractivity contribution in [3.05, 3.63) is 18.0 Å². The first-order chi connectivity index (χ1) is 9.80. The number of amides is 1. The number of nitrogens with one attached hydrogen (secondary N) is 1. The summed E-state index contributed by atoms with van der Waals surface area (Å²) in [4.78, 5) is 14.5. The quantitative estimate of drug-likeness (QED) is 0.878. The molecule has 110 valence electrons. The summed E-state index contributed by atoms with van der Waals surface area (Å²) in [6, 6.07) is 1.58. The number of hydrogen-bond donors (Lipinski definition) is 1. The lowest BCUT2D eigenvalue weighted by molar-refractivity contribution is -0.0129. The highest BCUT2D eigenvalue weighted by molar-refractivity contribution is 7.99. The zero-order chi connectivity index (χ0) is 13.8. The lowest BCUT2D eigenvalue weighted by Crippen LogP contribution is -2.59. The number of aromatic nitrogens is 1. The van der Waals surface area contributed by atoms with E-state index >= 15 is 0 Å². The Morgan fingerprint density at radius 3 is 3.00 bits per heavy atom. The van der Waals surface area contributed by atoms with Gasteiger partial charge in [0.05, 0.1) is 13.2 Å². The van der Waals surface area contributed by atoms with Gasteiger partial charge in [0.1, 0.15) is 6.26 Å². The van der Waals surface area contributed by atoms with Crippen molar-refractivity contribution in [3.8, 4) is 0 Å². The molecular formula is C13H19N3O3S. The molecule has 2 aliphatic rings. The Hall–Kier alpha value is -1.05. The van der Waals surface area contributed by atoms with Gasteiger partial charge in [-0.2, -0.15) is 11.8 Å². The average molecular weight is 297 g/mol. The molecule has 7 heteroatoms. The molecule has 1 aromatic rings. The van der Waals surface area contributed by atoms with E-state index in [1.54, 1.807) is 6.07 Å². The maximum atomic E-state index is 12.0. The number of carbonyl (C=O) groups excluding carboxylic acids is 1. The van der Waals surface area contributed by atoms with Gasteiger partial charge < -0.3 is 14.6 Å². The van der Waals surface area contributed by atoms with Gasteiger partial charge in [-0.3, -0.25) is 9.69 Å². The van der Waals surface area contributed by atoms with Crippen LogP contribution in [0.5, 0.6) is 0 Å². The number of rotatable bonds is 4. The smallest absolute Gasteiger partial charge is 0.273 e. The first-order valence-corrected chi connectivity index (χ1v) is 8.05. The van der Waals surface area contributed by atoms with Crippen molar-refractivity contribution in [2.24, 2.45) is 0 Å². The fourth-order valence-corrected chi connectivity index (χ4v) is 4.28. The van der Waals surface area contributed by atoms with Crippen LogP contribution in [0.3, 0.4) is 0 Å². The molecule has 20 heavy (non-hydrogen) atoms. The van der Waals surface area contributed by atoms with E-state index in [0.717, 1.165) is 44.2 Å². The van der Waals surface area contributed by atoms with E-state index in [1.807, 2.05) is 11.8 Å². The van der Waals surface area contributed by atoms with E-state index in [9.17, 15) is 4.79 Å². The molecule has 0 bridgehead atoms. The third-order valence-corrected chi connectivity index (χ3v) is 5.25. The van der Waals surface area contributed by atoms with Gasteiger partial charge in [-0.05, 0) is 12.2 Å². The predicted molar refractivity (Wildman–Crippen MR) is 75.9 cm³/mol. The Morgan fingerprint density at radius 2 is 2.35 bits per heavy atom. The molecule has 0 aliphatic carbocycles. The molecule has 0 spiro atoms. The van der Waals surface area contributed by atoms with Gasteiger partial charge in [-0.1, -0.05) is 5.16 Å². The minimum absolute atomic E-state index is 0.0633. The highest BCUT2D eigenvalue weighted by Crippen LogP contribution is 2.33.